The molecule has 8 nitrogen and oxygen atoms in total. The summed E-state index contributed by atoms with van der Waals surface area (Å²) in [5.41, 5.74) is -0.314. The Morgan fingerprint density at radius 2 is 1.72 bits per heavy atom. The molecule has 0 radical (unpaired) electrons. The molecule has 2 aromatic heterocycles. The highest BCUT2D eigenvalue weighted by atomic mass is 19.4. The highest BCUT2D eigenvalue weighted by molar-refractivity contribution is 6.04. The lowest BCUT2D eigenvalue weighted by Crippen LogP contribution is -2.43. The number of piperidine rings is 1. The zero-order valence-corrected chi connectivity index (χ0v) is 19.2. The molecule has 2 amide bonds. The number of aromatic nitrogens is 2. The lowest BCUT2D eigenvalue weighted by atomic mass is 10.0. The van der Waals surface area contributed by atoms with Crippen molar-refractivity contribution in [2.24, 2.45) is 5.92 Å². The van der Waals surface area contributed by atoms with E-state index in [0.29, 0.717) is 24.5 Å². The van der Waals surface area contributed by atoms with Crippen LogP contribution in [0.2, 0.25) is 0 Å². The van der Waals surface area contributed by atoms with E-state index in [-0.39, 0.29) is 29.4 Å². The van der Waals surface area contributed by atoms with E-state index in [1.54, 1.807) is 30.3 Å². The van der Waals surface area contributed by atoms with E-state index in [1.165, 1.54) is 18.3 Å². The number of likely N-dealkylation sites (tertiary alicyclic amines) is 1. The van der Waals surface area contributed by atoms with Crippen molar-refractivity contribution in [3.05, 3.63) is 60.1 Å². The van der Waals surface area contributed by atoms with E-state index < -0.39 is 23.5 Å². The third kappa shape index (κ3) is 5.34. The van der Waals surface area contributed by atoms with Crippen LogP contribution in [0.25, 0.3) is 11.5 Å². The Balaban J connectivity index is 1.22. The highest BCUT2D eigenvalue weighted by Gasteiger charge is 2.42. The largest absolute Gasteiger partial charge is 0.452 e. The fraction of sp³-hybridized carbons (Fsp3) is 0.360. The summed E-state index contributed by atoms with van der Waals surface area (Å²) in [5, 5.41) is 5.72. The Morgan fingerprint density at radius 3 is 2.33 bits per heavy atom. The number of anilines is 2. The zero-order chi connectivity index (χ0) is 25.3. The van der Waals surface area contributed by atoms with Crippen LogP contribution in [0.1, 0.15) is 41.9 Å². The highest BCUT2D eigenvalue weighted by Crippen LogP contribution is 2.36. The molecule has 188 valence electrons. The van der Waals surface area contributed by atoms with Crippen molar-refractivity contribution in [1.82, 2.24) is 14.9 Å². The molecule has 3 aromatic rings. The lowest BCUT2D eigenvalue weighted by molar-refractivity contribution is -0.153. The minimum absolute atomic E-state index is 0.155. The molecule has 36 heavy (non-hydrogen) atoms. The molecular formula is C25H24F3N5O3. The summed E-state index contributed by atoms with van der Waals surface area (Å²) >= 11 is 0. The summed E-state index contributed by atoms with van der Waals surface area (Å²) in [5.74, 6) is -1.77. The first kappa shape index (κ1) is 23.8. The summed E-state index contributed by atoms with van der Waals surface area (Å²) in [6, 6.07) is 11.4. The molecule has 1 saturated heterocycles. The number of nitrogens with one attached hydrogen (secondary N) is 2. The lowest BCUT2D eigenvalue weighted by Gasteiger charge is -2.32. The minimum Gasteiger partial charge on any atom is -0.431 e. The van der Waals surface area contributed by atoms with E-state index >= 15 is 0 Å². The molecule has 3 heterocycles. The number of amides is 2. The maximum absolute atomic E-state index is 13.5. The second kappa shape index (κ2) is 9.63. The molecule has 0 bridgehead atoms. The van der Waals surface area contributed by atoms with Gasteiger partial charge >= 0.3 is 6.18 Å². The van der Waals surface area contributed by atoms with Crippen molar-refractivity contribution in [2.75, 3.05) is 23.7 Å². The van der Waals surface area contributed by atoms with Gasteiger partial charge in [-0.15, -0.1) is 0 Å². The van der Waals surface area contributed by atoms with Gasteiger partial charge in [-0.3, -0.25) is 9.59 Å². The van der Waals surface area contributed by atoms with Gasteiger partial charge in [0.1, 0.15) is 5.82 Å². The van der Waals surface area contributed by atoms with Crippen molar-refractivity contribution in [3.63, 3.8) is 0 Å². The molecule has 2 fully saturated rings. The Bertz CT molecular complexity index is 1230. The summed E-state index contributed by atoms with van der Waals surface area (Å²) in [4.78, 5) is 34.8. The maximum atomic E-state index is 13.5. The first-order valence-corrected chi connectivity index (χ1v) is 11.7. The normalized spacial score (nSPS) is 16.6. The molecular weight excluding hydrogens is 475 g/mol. The predicted octanol–water partition coefficient (Wildman–Crippen LogP) is 4.82. The number of carbonyl (C=O) groups excluding carboxylic acids is 2. The van der Waals surface area contributed by atoms with Gasteiger partial charge < -0.3 is 20.0 Å². The van der Waals surface area contributed by atoms with Crippen LogP contribution < -0.4 is 10.6 Å². The number of pyridine rings is 1. The molecule has 0 unspecified atom stereocenters. The maximum Gasteiger partial charge on any atom is 0.452 e. The quantitative estimate of drug-likeness (QED) is 0.505. The van der Waals surface area contributed by atoms with E-state index in [0.717, 1.165) is 25.7 Å². The van der Waals surface area contributed by atoms with Crippen molar-refractivity contribution in [2.45, 2.75) is 37.9 Å². The summed E-state index contributed by atoms with van der Waals surface area (Å²) in [6.07, 6.45) is 0.0525. The van der Waals surface area contributed by atoms with Crippen LogP contribution >= 0.6 is 0 Å². The molecule has 5 rings (SSSR count). The summed E-state index contributed by atoms with van der Waals surface area (Å²) < 4.78 is 45.4. The molecule has 1 aromatic carbocycles. The SMILES string of the molecule is O=C(Nc1ccc(NC2CCN(C(=O)C3CC3)CC2)nc1)c1nc(-c2ccccc2)oc1C(F)(F)F. The molecule has 1 aliphatic heterocycles. The standard InChI is InChI=1S/C25H24F3N5O3/c26-25(27,28)21-20(32-23(36-21)15-4-2-1-3-5-15)22(34)31-18-8-9-19(29-14-18)30-17-10-12-33(13-11-17)24(35)16-6-7-16/h1-5,8-9,14,16-17H,6-7,10-13H2,(H,29,30)(H,31,34). The van der Waals surface area contributed by atoms with E-state index in [4.69, 9.17) is 4.42 Å². The van der Waals surface area contributed by atoms with Gasteiger partial charge in [-0.05, 0) is 49.9 Å². The van der Waals surface area contributed by atoms with Gasteiger partial charge in [-0.2, -0.15) is 13.2 Å². The number of benzene rings is 1. The van der Waals surface area contributed by atoms with Gasteiger partial charge in [0.2, 0.25) is 17.6 Å². The molecule has 2 aliphatic rings. The van der Waals surface area contributed by atoms with E-state index in [1.807, 2.05) is 4.90 Å². The smallest absolute Gasteiger partial charge is 0.431 e. The van der Waals surface area contributed by atoms with Gasteiger partial charge in [-0.1, -0.05) is 18.2 Å². The van der Waals surface area contributed by atoms with Gasteiger partial charge in [-0.25, -0.2) is 9.97 Å². The zero-order valence-electron chi connectivity index (χ0n) is 19.2. The van der Waals surface area contributed by atoms with Crippen LogP contribution in [0.5, 0.6) is 0 Å². The van der Waals surface area contributed by atoms with Crippen LogP contribution in [0, 0.1) is 5.92 Å². The summed E-state index contributed by atoms with van der Waals surface area (Å²) in [6.45, 7) is 1.40. The van der Waals surface area contributed by atoms with Gasteiger partial charge in [0.05, 0.1) is 11.9 Å². The van der Waals surface area contributed by atoms with E-state index in [9.17, 15) is 22.8 Å². The van der Waals surface area contributed by atoms with Crippen LogP contribution in [0.4, 0.5) is 24.7 Å². The van der Waals surface area contributed by atoms with E-state index in [2.05, 4.69) is 20.6 Å². The van der Waals surface area contributed by atoms with Crippen LogP contribution in [-0.2, 0) is 11.0 Å². The third-order valence-corrected chi connectivity index (χ3v) is 6.23. The van der Waals surface area contributed by atoms with Crippen molar-refractivity contribution >= 4 is 23.3 Å². The second-order valence-electron chi connectivity index (χ2n) is 8.96. The van der Waals surface area contributed by atoms with Crippen LogP contribution in [0.15, 0.2) is 53.1 Å². The average molecular weight is 499 g/mol. The fourth-order valence-corrected chi connectivity index (χ4v) is 4.16. The number of halogens is 3. The topological polar surface area (TPSA) is 100 Å². The number of hydrogen-bond acceptors (Lipinski definition) is 6. The molecule has 1 aliphatic carbocycles. The molecule has 0 atom stereocenters. The van der Waals surface area contributed by atoms with Gasteiger partial charge in [0.25, 0.3) is 5.91 Å². The van der Waals surface area contributed by atoms with Crippen molar-refractivity contribution < 1.29 is 27.2 Å². The number of rotatable bonds is 6. The third-order valence-electron chi connectivity index (χ3n) is 6.23. The molecule has 2 N–H and O–H groups in total. The Kier molecular flexibility index (Phi) is 6.38. The number of carbonyl (C=O) groups is 2. The first-order valence-electron chi connectivity index (χ1n) is 11.7. The molecule has 11 heteroatoms. The molecule has 1 saturated carbocycles. The second-order valence-corrected chi connectivity index (χ2v) is 8.96. The number of hydrogen-bond donors (Lipinski definition) is 2. The average Bonchev–Trinajstić information content (AvgIpc) is 3.62. The number of nitrogens with zero attached hydrogens (tertiary/aromatic N) is 3. The van der Waals surface area contributed by atoms with Crippen molar-refractivity contribution in [3.8, 4) is 11.5 Å². The van der Waals surface area contributed by atoms with Gasteiger partial charge in [0, 0.05) is 30.6 Å². The Labute approximate surface area is 204 Å². The Morgan fingerprint density at radius 1 is 1.00 bits per heavy atom. The van der Waals surface area contributed by atoms with Crippen LogP contribution in [0.3, 0.4) is 0 Å². The van der Waals surface area contributed by atoms with Gasteiger partial charge in [0.15, 0.2) is 5.69 Å². The summed E-state index contributed by atoms with van der Waals surface area (Å²) in [7, 11) is 0. The predicted molar refractivity (Wildman–Crippen MR) is 125 cm³/mol. The van der Waals surface area contributed by atoms with Crippen molar-refractivity contribution in [1.29, 1.82) is 0 Å². The van der Waals surface area contributed by atoms with Crippen LogP contribution in [-0.4, -0.2) is 45.8 Å². The first-order chi connectivity index (χ1) is 17.3. The fourth-order valence-electron chi connectivity index (χ4n) is 4.16. The number of oxazole rings is 1. The minimum atomic E-state index is -4.89. The monoisotopic (exact) mass is 499 g/mol. The Hall–Kier alpha value is -3.89. The number of alkyl halides is 3. The molecule has 0 spiro atoms.